The van der Waals surface area contributed by atoms with E-state index in [1.165, 1.54) is 6.08 Å². The fourth-order valence-corrected chi connectivity index (χ4v) is 2.98. The summed E-state index contributed by atoms with van der Waals surface area (Å²) >= 11 is 6.09. The summed E-state index contributed by atoms with van der Waals surface area (Å²) in [7, 11) is 0. The number of carbonyl (C=O) groups is 1. The number of hydrogen-bond donors (Lipinski definition) is 1. The molecule has 0 amide bonds. The van der Waals surface area contributed by atoms with Gasteiger partial charge < -0.3 is 9.84 Å². The van der Waals surface area contributed by atoms with Crippen LogP contribution in [0.4, 0.5) is 13.2 Å². The molecule has 1 aliphatic carbocycles. The molecule has 1 aliphatic heterocycles. The highest BCUT2D eigenvalue weighted by atomic mass is 35.5. The SMILES string of the molecule is CC1CC2OC(C(F)(F)F)C(C(=O)O)=CC2CC1Cl. The molecule has 108 valence electrons. The van der Waals surface area contributed by atoms with E-state index in [0.29, 0.717) is 12.8 Å². The molecule has 5 atom stereocenters. The number of hydrogen-bond acceptors (Lipinski definition) is 2. The summed E-state index contributed by atoms with van der Waals surface area (Å²) in [5, 5.41) is 8.73. The minimum absolute atomic E-state index is 0.0524. The van der Waals surface area contributed by atoms with E-state index in [9.17, 15) is 18.0 Å². The van der Waals surface area contributed by atoms with Gasteiger partial charge in [-0.1, -0.05) is 13.0 Å². The Morgan fingerprint density at radius 1 is 1.47 bits per heavy atom. The van der Waals surface area contributed by atoms with Crippen molar-refractivity contribution in [2.45, 2.75) is 43.5 Å². The predicted octanol–water partition coefficient (Wildman–Crippen LogP) is 2.98. The summed E-state index contributed by atoms with van der Waals surface area (Å²) < 4.78 is 43.5. The van der Waals surface area contributed by atoms with E-state index in [0.717, 1.165) is 0 Å². The first-order valence-corrected chi connectivity index (χ1v) is 6.45. The standard InChI is InChI=1S/C12H14ClF3O3/c1-5-2-9-6(4-8(5)13)3-7(11(17)18)10(19-9)12(14,15)16/h3,5-6,8-10H,2,4H2,1H3,(H,17,18). The Balaban J connectivity index is 2.30. The lowest BCUT2D eigenvalue weighted by Crippen LogP contribution is -2.48. The Morgan fingerprint density at radius 2 is 2.11 bits per heavy atom. The van der Waals surface area contributed by atoms with Crippen molar-refractivity contribution in [1.29, 1.82) is 0 Å². The van der Waals surface area contributed by atoms with Crippen molar-refractivity contribution in [2.24, 2.45) is 11.8 Å². The summed E-state index contributed by atoms with van der Waals surface area (Å²) in [6, 6.07) is 0. The Kier molecular flexibility index (Phi) is 3.84. The van der Waals surface area contributed by atoms with Gasteiger partial charge in [0.25, 0.3) is 0 Å². The van der Waals surface area contributed by atoms with Crippen molar-refractivity contribution in [3.63, 3.8) is 0 Å². The number of carboxylic acids is 1. The number of ether oxygens (including phenoxy) is 1. The number of halogens is 4. The number of fused-ring (bicyclic) bond motifs is 1. The topological polar surface area (TPSA) is 46.5 Å². The van der Waals surface area contributed by atoms with Crippen LogP contribution in [0, 0.1) is 11.8 Å². The molecule has 1 N–H and O–H groups in total. The van der Waals surface area contributed by atoms with E-state index in [4.69, 9.17) is 21.4 Å². The van der Waals surface area contributed by atoms with Crippen LogP contribution in [0.15, 0.2) is 11.6 Å². The Morgan fingerprint density at radius 3 is 2.63 bits per heavy atom. The average molecular weight is 299 g/mol. The van der Waals surface area contributed by atoms with Gasteiger partial charge in [-0.25, -0.2) is 4.79 Å². The molecule has 5 unspecified atom stereocenters. The predicted molar refractivity (Wildman–Crippen MR) is 62.0 cm³/mol. The molecule has 7 heteroatoms. The maximum atomic E-state index is 12.8. The number of alkyl halides is 4. The third-order valence-corrected chi connectivity index (χ3v) is 4.34. The van der Waals surface area contributed by atoms with E-state index >= 15 is 0 Å². The Hall–Kier alpha value is -0.750. The van der Waals surface area contributed by atoms with E-state index in [2.05, 4.69) is 0 Å². The van der Waals surface area contributed by atoms with E-state index in [1.54, 1.807) is 0 Å². The molecule has 2 rings (SSSR count). The molecule has 0 bridgehead atoms. The lowest BCUT2D eigenvalue weighted by molar-refractivity contribution is -0.233. The lowest BCUT2D eigenvalue weighted by atomic mass is 9.77. The number of aliphatic carboxylic acids is 1. The largest absolute Gasteiger partial charge is 0.478 e. The molecule has 0 radical (unpaired) electrons. The molecule has 1 heterocycles. The zero-order chi connectivity index (χ0) is 14.4. The van der Waals surface area contributed by atoms with Crippen LogP contribution in [-0.4, -0.2) is 34.8 Å². The van der Waals surface area contributed by atoms with Crippen LogP contribution >= 0.6 is 11.6 Å². The average Bonchev–Trinajstić information content (AvgIpc) is 2.27. The molecule has 0 saturated heterocycles. The molecule has 1 saturated carbocycles. The normalized spacial score (nSPS) is 39.4. The fraction of sp³-hybridized carbons (Fsp3) is 0.750. The second kappa shape index (κ2) is 4.98. The number of rotatable bonds is 1. The Labute approximate surface area is 113 Å². The first kappa shape index (κ1) is 14.7. The molecule has 2 aliphatic rings. The lowest BCUT2D eigenvalue weighted by Gasteiger charge is -2.41. The third kappa shape index (κ3) is 2.89. The van der Waals surface area contributed by atoms with Gasteiger partial charge in [0.15, 0.2) is 6.10 Å². The fourth-order valence-electron chi connectivity index (χ4n) is 2.67. The van der Waals surface area contributed by atoms with Gasteiger partial charge in [-0.3, -0.25) is 0 Å². The van der Waals surface area contributed by atoms with Crippen LogP contribution in [0.5, 0.6) is 0 Å². The zero-order valence-corrected chi connectivity index (χ0v) is 10.9. The highest BCUT2D eigenvalue weighted by Gasteiger charge is 2.51. The van der Waals surface area contributed by atoms with Crippen LogP contribution in [0.2, 0.25) is 0 Å². The van der Waals surface area contributed by atoms with Gasteiger partial charge in [-0.15, -0.1) is 11.6 Å². The maximum absolute atomic E-state index is 12.8. The van der Waals surface area contributed by atoms with Crippen LogP contribution in [0.1, 0.15) is 19.8 Å². The van der Waals surface area contributed by atoms with E-state index in [1.807, 2.05) is 6.92 Å². The van der Waals surface area contributed by atoms with Crippen molar-refractivity contribution in [3.8, 4) is 0 Å². The Bertz CT molecular complexity index is 408. The van der Waals surface area contributed by atoms with E-state index in [-0.39, 0.29) is 17.2 Å². The van der Waals surface area contributed by atoms with Crippen LogP contribution < -0.4 is 0 Å². The van der Waals surface area contributed by atoms with Crippen molar-refractivity contribution in [3.05, 3.63) is 11.6 Å². The van der Waals surface area contributed by atoms with Crippen molar-refractivity contribution in [2.75, 3.05) is 0 Å². The molecule has 0 aromatic rings. The van der Waals surface area contributed by atoms with Gasteiger partial charge >= 0.3 is 12.1 Å². The van der Waals surface area contributed by atoms with E-state index < -0.39 is 29.9 Å². The van der Waals surface area contributed by atoms with Gasteiger partial charge in [-0.05, 0) is 18.8 Å². The summed E-state index contributed by atoms with van der Waals surface area (Å²) in [6.45, 7) is 1.86. The van der Waals surface area contributed by atoms with Gasteiger partial charge in [0.2, 0.25) is 0 Å². The van der Waals surface area contributed by atoms with Crippen LogP contribution in [0.3, 0.4) is 0 Å². The summed E-state index contributed by atoms with van der Waals surface area (Å²) in [5.41, 5.74) is -0.729. The molecule has 1 fully saturated rings. The van der Waals surface area contributed by atoms with Gasteiger partial charge in [0.05, 0.1) is 11.7 Å². The molecule has 3 nitrogen and oxygen atoms in total. The summed E-state index contributed by atoms with van der Waals surface area (Å²) in [5.74, 6) is -1.90. The van der Waals surface area contributed by atoms with Gasteiger partial charge in [-0.2, -0.15) is 13.2 Å². The third-order valence-electron chi connectivity index (χ3n) is 3.73. The molecule has 0 aromatic carbocycles. The molecule has 0 aromatic heterocycles. The highest BCUT2D eigenvalue weighted by molar-refractivity contribution is 6.20. The van der Waals surface area contributed by atoms with Crippen molar-refractivity contribution >= 4 is 17.6 Å². The molecule has 0 spiro atoms. The second-order valence-corrected chi connectivity index (χ2v) is 5.71. The van der Waals surface area contributed by atoms with Crippen LogP contribution in [-0.2, 0) is 9.53 Å². The first-order chi connectivity index (χ1) is 8.70. The molecule has 19 heavy (non-hydrogen) atoms. The maximum Gasteiger partial charge on any atom is 0.419 e. The van der Waals surface area contributed by atoms with Gasteiger partial charge in [0.1, 0.15) is 0 Å². The van der Waals surface area contributed by atoms with Crippen LogP contribution in [0.25, 0.3) is 0 Å². The molecular weight excluding hydrogens is 285 g/mol. The summed E-state index contributed by atoms with van der Waals surface area (Å²) in [6.07, 6.45) is -5.64. The van der Waals surface area contributed by atoms with Gasteiger partial charge in [0, 0.05) is 11.3 Å². The molecular formula is C12H14ClF3O3. The second-order valence-electron chi connectivity index (χ2n) is 5.15. The van der Waals surface area contributed by atoms with Crippen molar-refractivity contribution in [1.82, 2.24) is 0 Å². The smallest absolute Gasteiger partial charge is 0.419 e. The first-order valence-electron chi connectivity index (χ1n) is 6.01. The highest BCUT2D eigenvalue weighted by Crippen LogP contribution is 2.42. The minimum atomic E-state index is -4.71. The number of carboxylic acid groups (broad SMARTS) is 1. The minimum Gasteiger partial charge on any atom is -0.478 e. The quantitative estimate of drug-likeness (QED) is 0.757. The van der Waals surface area contributed by atoms with Crippen molar-refractivity contribution < 1.29 is 27.8 Å². The zero-order valence-electron chi connectivity index (χ0n) is 10.2. The monoisotopic (exact) mass is 298 g/mol. The summed E-state index contributed by atoms with van der Waals surface area (Å²) in [4.78, 5) is 11.0.